The summed E-state index contributed by atoms with van der Waals surface area (Å²) in [6, 6.07) is 8.16. The number of ether oxygens (including phenoxy) is 1. The molecule has 6 heteroatoms. The van der Waals surface area contributed by atoms with Crippen LogP contribution >= 0.6 is 11.6 Å². The highest BCUT2D eigenvalue weighted by atomic mass is 35.5. The van der Waals surface area contributed by atoms with Crippen molar-refractivity contribution < 1.29 is 9.53 Å². The maximum atomic E-state index is 11.4. The van der Waals surface area contributed by atoms with Crippen LogP contribution in [0.1, 0.15) is 10.5 Å². The second kappa shape index (κ2) is 5.46. The first-order valence-electron chi connectivity index (χ1n) is 5.17. The molecule has 0 spiro atoms. The van der Waals surface area contributed by atoms with Gasteiger partial charge < -0.3 is 10.1 Å². The summed E-state index contributed by atoms with van der Waals surface area (Å²) >= 11 is 5.74. The number of aromatic nitrogens is 2. The molecule has 1 N–H and O–H groups in total. The third-order valence-corrected chi connectivity index (χ3v) is 2.31. The average molecular weight is 264 g/mol. The molecule has 2 rings (SSSR count). The minimum Gasteiger partial charge on any atom is -0.439 e. The first kappa shape index (κ1) is 12.3. The highest BCUT2D eigenvalue weighted by Crippen LogP contribution is 2.21. The van der Waals surface area contributed by atoms with Gasteiger partial charge >= 0.3 is 0 Å². The van der Waals surface area contributed by atoms with E-state index in [1.165, 1.54) is 6.20 Å². The molecular weight excluding hydrogens is 254 g/mol. The molecule has 92 valence electrons. The number of nitrogens with zero attached hydrogens (tertiary/aromatic N) is 2. The second-order valence-corrected chi connectivity index (χ2v) is 3.74. The zero-order chi connectivity index (χ0) is 13.0. The van der Waals surface area contributed by atoms with Gasteiger partial charge in [-0.1, -0.05) is 17.7 Å². The van der Waals surface area contributed by atoms with Crippen molar-refractivity contribution in [1.82, 2.24) is 15.3 Å². The summed E-state index contributed by atoms with van der Waals surface area (Å²) in [7, 11) is 1.54. The van der Waals surface area contributed by atoms with Crippen molar-refractivity contribution in [2.45, 2.75) is 0 Å². The van der Waals surface area contributed by atoms with E-state index in [1.54, 1.807) is 37.4 Å². The summed E-state index contributed by atoms with van der Waals surface area (Å²) in [6.07, 6.45) is 1.53. The van der Waals surface area contributed by atoms with Crippen molar-refractivity contribution in [2.24, 2.45) is 0 Å². The van der Waals surface area contributed by atoms with Gasteiger partial charge in [-0.25, -0.2) is 9.97 Å². The molecule has 0 radical (unpaired) electrons. The predicted molar refractivity (Wildman–Crippen MR) is 66.9 cm³/mol. The minimum atomic E-state index is -0.270. The largest absolute Gasteiger partial charge is 0.439 e. The Kier molecular flexibility index (Phi) is 3.74. The maximum absolute atomic E-state index is 11.4. The van der Waals surface area contributed by atoms with E-state index in [4.69, 9.17) is 16.3 Å². The molecule has 18 heavy (non-hydrogen) atoms. The molecule has 0 fully saturated rings. The fraction of sp³-hybridized carbons (Fsp3) is 0.0833. The molecule has 2 aromatic heterocycles. The molecule has 0 saturated carbocycles. The van der Waals surface area contributed by atoms with Crippen LogP contribution in [-0.4, -0.2) is 22.9 Å². The minimum absolute atomic E-state index is 0.270. The van der Waals surface area contributed by atoms with E-state index in [-0.39, 0.29) is 11.6 Å². The van der Waals surface area contributed by atoms with E-state index in [2.05, 4.69) is 15.3 Å². The fourth-order valence-corrected chi connectivity index (χ4v) is 1.46. The van der Waals surface area contributed by atoms with Gasteiger partial charge in [0.05, 0.1) is 0 Å². The Bertz CT molecular complexity index is 575. The second-order valence-electron chi connectivity index (χ2n) is 3.36. The van der Waals surface area contributed by atoms with Gasteiger partial charge in [-0.15, -0.1) is 0 Å². The number of carbonyl (C=O) groups is 1. The van der Waals surface area contributed by atoms with Crippen LogP contribution in [0, 0.1) is 0 Å². The Labute approximate surface area is 109 Å². The third-order valence-electron chi connectivity index (χ3n) is 2.10. The smallest absolute Gasteiger partial charge is 0.269 e. The van der Waals surface area contributed by atoms with Crippen LogP contribution in [0.15, 0.2) is 36.5 Å². The molecule has 2 aromatic rings. The number of amides is 1. The SMILES string of the molecule is CNC(=O)c1cccc(Oc2ccnc(Cl)c2)n1. The van der Waals surface area contributed by atoms with Crippen molar-refractivity contribution in [3.8, 4) is 11.6 Å². The zero-order valence-electron chi connectivity index (χ0n) is 9.55. The third kappa shape index (κ3) is 2.95. The molecule has 1 amide bonds. The number of halogens is 1. The predicted octanol–water partition coefficient (Wildman–Crippen LogP) is 2.28. The van der Waals surface area contributed by atoms with Gasteiger partial charge in [0.1, 0.15) is 16.6 Å². The Morgan fingerprint density at radius 1 is 1.39 bits per heavy atom. The Balaban J connectivity index is 2.22. The van der Waals surface area contributed by atoms with Crippen molar-refractivity contribution in [1.29, 1.82) is 0 Å². The zero-order valence-corrected chi connectivity index (χ0v) is 10.3. The highest BCUT2D eigenvalue weighted by molar-refractivity contribution is 6.29. The molecule has 2 heterocycles. The highest BCUT2D eigenvalue weighted by Gasteiger charge is 2.06. The van der Waals surface area contributed by atoms with Crippen molar-refractivity contribution >= 4 is 17.5 Å². The lowest BCUT2D eigenvalue weighted by molar-refractivity contribution is 0.0957. The van der Waals surface area contributed by atoms with Gasteiger partial charge in [0, 0.05) is 25.4 Å². The Morgan fingerprint density at radius 3 is 2.94 bits per heavy atom. The van der Waals surface area contributed by atoms with Crippen molar-refractivity contribution in [3.63, 3.8) is 0 Å². The van der Waals surface area contributed by atoms with E-state index in [1.807, 2.05) is 0 Å². The maximum Gasteiger partial charge on any atom is 0.269 e. The van der Waals surface area contributed by atoms with Crippen LogP contribution in [-0.2, 0) is 0 Å². The van der Waals surface area contributed by atoms with E-state index >= 15 is 0 Å². The van der Waals surface area contributed by atoms with Crippen LogP contribution in [0.3, 0.4) is 0 Å². The molecule has 5 nitrogen and oxygen atoms in total. The number of hydrogen-bond donors (Lipinski definition) is 1. The van der Waals surface area contributed by atoms with E-state index in [0.717, 1.165) is 0 Å². The number of nitrogens with one attached hydrogen (secondary N) is 1. The van der Waals surface area contributed by atoms with Crippen LogP contribution in [0.4, 0.5) is 0 Å². The first-order valence-corrected chi connectivity index (χ1v) is 5.55. The number of hydrogen-bond acceptors (Lipinski definition) is 4. The average Bonchev–Trinajstić information content (AvgIpc) is 2.38. The molecule has 0 aliphatic rings. The summed E-state index contributed by atoms with van der Waals surface area (Å²) in [5, 5.41) is 2.82. The van der Waals surface area contributed by atoms with Crippen LogP contribution in [0.5, 0.6) is 11.6 Å². The van der Waals surface area contributed by atoms with Gasteiger partial charge in [-0.05, 0) is 12.1 Å². The molecule has 0 bridgehead atoms. The van der Waals surface area contributed by atoms with Gasteiger partial charge in [0.15, 0.2) is 0 Å². The molecule has 0 aromatic carbocycles. The lowest BCUT2D eigenvalue weighted by Gasteiger charge is -2.05. The summed E-state index contributed by atoms with van der Waals surface area (Å²) in [6.45, 7) is 0. The summed E-state index contributed by atoms with van der Waals surface area (Å²) in [4.78, 5) is 19.3. The van der Waals surface area contributed by atoms with Crippen LogP contribution in [0.25, 0.3) is 0 Å². The van der Waals surface area contributed by atoms with Crippen molar-refractivity contribution in [3.05, 3.63) is 47.4 Å². The molecule has 0 atom stereocenters. The number of rotatable bonds is 3. The summed E-state index contributed by atoms with van der Waals surface area (Å²) < 4.78 is 5.48. The molecular formula is C12H10ClN3O2. The van der Waals surface area contributed by atoms with Gasteiger partial charge in [-0.3, -0.25) is 4.79 Å². The first-order chi connectivity index (χ1) is 8.69. The molecule has 0 aliphatic carbocycles. The van der Waals surface area contributed by atoms with E-state index < -0.39 is 0 Å². The number of pyridine rings is 2. The van der Waals surface area contributed by atoms with E-state index in [9.17, 15) is 4.79 Å². The fourth-order valence-electron chi connectivity index (χ4n) is 1.30. The Hall–Kier alpha value is -2.14. The molecule has 0 unspecified atom stereocenters. The normalized spacial score (nSPS) is 9.89. The summed E-state index contributed by atoms with van der Waals surface area (Å²) in [5.74, 6) is 0.558. The quantitative estimate of drug-likeness (QED) is 0.863. The lowest BCUT2D eigenvalue weighted by atomic mass is 10.3. The molecule has 0 saturated heterocycles. The number of carbonyl (C=O) groups excluding carboxylic acids is 1. The lowest BCUT2D eigenvalue weighted by Crippen LogP contribution is -2.19. The van der Waals surface area contributed by atoms with Gasteiger partial charge in [0.25, 0.3) is 5.91 Å². The topological polar surface area (TPSA) is 64.1 Å². The van der Waals surface area contributed by atoms with Crippen LogP contribution < -0.4 is 10.1 Å². The van der Waals surface area contributed by atoms with Crippen LogP contribution in [0.2, 0.25) is 5.15 Å². The van der Waals surface area contributed by atoms with E-state index in [0.29, 0.717) is 16.8 Å². The van der Waals surface area contributed by atoms with Gasteiger partial charge in [-0.2, -0.15) is 0 Å². The van der Waals surface area contributed by atoms with Crippen molar-refractivity contribution in [2.75, 3.05) is 7.05 Å². The Morgan fingerprint density at radius 2 is 2.22 bits per heavy atom. The monoisotopic (exact) mass is 263 g/mol. The molecule has 0 aliphatic heterocycles. The van der Waals surface area contributed by atoms with Gasteiger partial charge in [0.2, 0.25) is 5.88 Å². The standard InChI is InChI=1S/C12H10ClN3O2/c1-14-12(17)9-3-2-4-11(16-9)18-8-5-6-15-10(13)7-8/h2-7H,1H3,(H,14,17). The summed E-state index contributed by atoms with van der Waals surface area (Å²) in [5.41, 5.74) is 0.287.